The quantitative estimate of drug-likeness (QED) is 0.682. The van der Waals surface area contributed by atoms with E-state index in [-0.39, 0.29) is 24.7 Å². The van der Waals surface area contributed by atoms with E-state index in [0.717, 1.165) is 0 Å². The van der Waals surface area contributed by atoms with Gasteiger partial charge in [0.25, 0.3) is 5.91 Å². The lowest BCUT2D eigenvalue weighted by Gasteiger charge is -2.49. The summed E-state index contributed by atoms with van der Waals surface area (Å²) in [6, 6.07) is 0. The molecular weight excluding hydrogens is 222 g/mol. The van der Waals surface area contributed by atoms with Crippen LogP contribution in [0, 0.1) is 0 Å². The van der Waals surface area contributed by atoms with E-state index in [1.54, 1.807) is 12.2 Å². The molecule has 0 aromatic carbocycles. The maximum Gasteiger partial charge on any atom is 0.270 e. The van der Waals surface area contributed by atoms with Crippen LogP contribution in [0.1, 0.15) is 19.3 Å². The molecule has 1 fully saturated rings. The second kappa shape index (κ2) is 4.04. The fourth-order valence-electron chi connectivity index (χ4n) is 1.92. The molecule has 6 heteroatoms. The van der Waals surface area contributed by atoms with Gasteiger partial charge in [0.1, 0.15) is 0 Å². The zero-order chi connectivity index (χ0) is 12.5. The van der Waals surface area contributed by atoms with E-state index in [1.807, 2.05) is 12.2 Å². The van der Waals surface area contributed by atoms with Crippen molar-refractivity contribution in [1.29, 1.82) is 0 Å². The van der Waals surface area contributed by atoms with Crippen molar-refractivity contribution in [1.82, 2.24) is 10.4 Å². The third kappa shape index (κ3) is 1.82. The lowest BCUT2D eigenvalue weighted by Crippen LogP contribution is -2.76. The summed E-state index contributed by atoms with van der Waals surface area (Å²) in [5.74, 6) is -1.03. The minimum atomic E-state index is -0.899. The van der Waals surface area contributed by atoms with E-state index >= 15 is 0 Å². The van der Waals surface area contributed by atoms with Gasteiger partial charge < -0.3 is 5.73 Å². The predicted octanol–water partition coefficient (Wildman–Crippen LogP) is -0.620. The molecule has 90 valence electrons. The third-order valence-corrected chi connectivity index (χ3v) is 2.89. The first-order valence-corrected chi connectivity index (χ1v) is 5.33. The number of carbonyl (C=O) groups is 3. The number of primary amides is 1. The van der Waals surface area contributed by atoms with E-state index in [2.05, 4.69) is 5.43 Å². The molecule has 1 aliphatic carbocycles. The molecule has 3 amide bonds. The number of hydrogen-bond acceptors (Lipinski definition) is 3. The van der Waals surface area contributed by atoms with E-state index < -0.39 is 11.4 Å². The molecule has 1 spiro atoms. The average Bonchev–Trinajstić information content (AvgIpc) is 2.34. The van der Waals surface area contributed by atoms with E-state index in [9.17, 15) is 14.4 Å². The van der Waals surface area contributed by atoms with Gasteiger partial charge in [0.05, 0.1) is 0 Å². The highest BCUT2D eigenvalue weighted by Crippen LogP contribution is 2.31. The molecule has 0 aromatic rings. The van der Waals surface area contributed by atoms with E-state index in [4.69, 9.17) is 5.73 Å². The second-order valence-corrected chi connectivity index (χ2v) is 4.05. The number of allylic oxidation sites excluding steroid dienone is 2. The van der Waals surface area contributed by atoms with Crippen LogP contribution in [0.25, 0.3) is 0 Å². The van der Waals surface area contributed by atoms with Crippen LogP contribution in [0.3, 0.4) is 0 Å². The fraction of sp³-hybridized carbons (Fsp3) is 0.364. The van der Waals surface area contributed by atoms with E-state index in [0.29, 0.717) is 6.42 Å². The Morgan fingerprint density at radius 3 is 2.71 bits per heavy atom. The summed E-state index contributed by atoms with van der Waals surface area (Å²) >= 11 is 0. The fourth-order valence-corrected chi connectivity index (χ4v) is 1.92. The van der Waals surface area contributed by atoms with Crippen LogP contribution in [-0.4, -0.2) is 28.3 Å². The van der Waals surface area contributed by atoms with Crippen LogP contribution < -0.4 is 11.2 Å². The van der Waals surface area contributed by atoms with Gasteiger partial charge >= 0.3 is 0 Å². The molecule has 6 nitrogen and oxygen atoms in total. The first kappa shape index (κ1) is 11.4. The standard InChI is InChI=1S/C11H13N3O3/c12-8(15)4-5-9(16)14-11(10(17)13-14)6-2-1-3-7-11/h1-3,6H,4-5,7H2,(H2,12,15)(H,13,17)/t11-/m1/s1. The Bertz CT molecular complexity index is 441. The molecule has 0 bridgehead atoms. The molecule has 0 radical (unpaired) electrons. The molecule has 2 aliphatic rings. The lowest BCUT2D eigenvalue weighted by molar-refractivity contribution is -0.171. The van der Waals surface area contributed by atoms with Gasteiger partial charge in [-0.05, 0) is 6.08 Å². The number of rotatable bonds is 3. The summed E-state index contributed by atoms with van der Waals surface area (Å²) in [5.41, 5.74) is 6.51. The number of hydrazine groups is 1. The summed E-state index contributed by atoms with van der Waals surface area (Å²) < 4.78 is 0. The molecule has 1 atom stereocenters. The Kier molecular flexibility index (Phi) is 2.71. The van der Waals surface area contributed by atoms with Crippen LogP contribution in [0.5, 0.6) is 0 Å². The molecular formula is C11H13N3O3. The largest absolute Gasteiger partial charge is 0.370 e. The van der Waals surface area contributed by atoms with Crippen molar-refractivity contribution in [3.8, 4) is 0 Å². The van der Waals surface area contributed by atoms with E-state index in [1.165, 1.54) is 5.01 Å². The van der Waals surface area contributed by atoms with Gasteiger partial charge in [-0.3, -0.25) is 19.8 Å². The van der Waals surface area contributed by atoms with Crippen molar-refractivity contribution in [2.45, 2.75) is 24.8 Å². The molecule has 1 aliphatic heterocycles. The summed E-state index contributed by atoms with van der Waals surface area (Å²) in [4.78, 5) is 34.0. The molecule has 17 heavy (non-hydrogen) atoms. The third-order valence-electron chi connectivity index (χ3n) is 2.89. The zero-order valence-corrected chi connectivity index (χ0v) is 9.18. The Morgan fingerprint density at radius 2 is 2.18 bits per heavy atom. The summed E-state index contributed by atoms with van der Waals surface area (Å²) in [5, 5.41) is 1.28. The molecule has 0 saturated carbocycles. The molecule has 3 N–H and O–H groups in total. The van der Waals surface area contributed by atoms with Crippen LogP contribution in [0.4, 0.5) is 0 Å². The number of carbonyl (C=O) groups excluding carboxylic acids is 3. The van der Waals surface area contributed by atoms with Crippen LogP contribution in [0.15, 0.2) is 24.3 Å². The van der Waals surface area contributed by atoms with Gasteiger partial charge in [0.15, 0.2) is 5.54 Å². The van der Waals surface area contributed by atoms with Crippen molar-refractivity contribution in [3.63, 3.8) is 0 Å². The van der Waals surface area contributed by atoms with Gasteiger partial charge in [-0.2, -0.15) is 0 Å². The molecule has 1 heterocycles. The van der Waals surface area contributed by atoms with Crippen molar-refractivity contribution < 1.29 is 14.4 Å². The number of nitrogens with zero attached hydrogens (tertiary/aromatic N) is 1. The lowest BCUT2D eigenvalue weighted by atomic mass is 9.86. The van der Waals surface area contributed by atoms with Gasteiger partial charge in [0.2, 0.25) is 11.8 Å². The number of nitrogens with one attached hydrogen (secondary N) is 1. The highest BCUT2D eigenvalue weighted by atomic mass is 16.2. The van der Waals surface area contributed by atoms with Gasteiger partial charge in [-0.1, -0.05) is 18.2 Å². The maximum atomic E-state index is 11.8. The molecule has 0 unspecified atom stereocenters. The first-order valence-electron chi connectivity index (χ1n) is 5.33. The Morgan fingerprint density at radius 1 is 1.41 bits per heavy atom. The monoisotopic (exact) mass is 235 g/mol. The van der Waals surface area contributed by atoms with Crippen LogP contribution in [-0.2, 0) is 14.4 Å². The smallest absolute Gasteiger partial charge is 0.270 e. The number of hydrogen-bond donors (Lipinski definition) is 2. The molecule has 1 saturated heterocycles. The van der Waals surface area contributed by atoms with Gasteiger partial charge in [0, 0.05) is 19.3 Å². The Hall–Kier alpha value is -2.11. The summed E-state index contributed by atoms with van der Waals surface area (Å²) in [6.45, 7) is 0. The topological polar surface area (TPSA) is 92.5 Å². The SMILES string of the molecule is NC(=O)CCC(=O)N1NC(=O)[C@]12C=CC=CC2. The van der Waals surface area contributed by atoms with Gasteiger partial charge in [-0.15, -0.1) is 0 Å². The predicted molar refractivity (Wildman–Crippen MR) is 59.0 cm³/mol. The minimum absolute atomic E-state index is 0.00885. The first-order chi connectivity index (χ1) is 8.06. The zero-order valence-electron chi connectivity index (χ0n) is 9.18. The number of nitrogens with two attached hydrogens (primary N) is 1. The highest BCUT2D eigenvalue weighted by Gasteiger charge is 2.53. The summed E-state index contributed by atoms with van der Waals surface area (Å²) in [6.07, 6.45) is 7.52. The molecule has 2 rings (SSSR count). The van der Waals surface area contributed by atoms with Crippen molar-refractivity contribution in [2.24, 2.45) is 5.73 Å². The van der Waals surface area contributed by atoms with Crippen LogP contribution >= 0.6 is 0 Å². The van der Waals surface area contributed by atoms with Crippen LogP contribution in [0.2, 0.25) is 0 Å². The number of amides is 3. The molecule has 0 aromatic heterocycles. The Labute approximate surface area is 98.1 Å². The van der Waals surface area contributed by atoms with Gasteiger partial charge in [-0.25, -0.2) is 5.01 Å². The van der Waals surface area contributed by atoms with Crippen molar-refractivity contribution in [3.05, 3.63) is 24.3 Å². The second-order valence-electron chi connectivity index (χ2n) is 4.05. The highest BCUT2D eigenvalue weighted by molar-refractivity contribution is 6.01. The Balaban J connectivity index is 2.05. The summed E-state index contributed by atoms with van der Waals surface area (Å²) in [7, 11) is 0. The van der Waals surface area contributed by atoms with Crippen molar-refractivity contribution >= 4 is 17.7 Å². The average molecular weight is 235 g/mol. The maximum absolute atomic E-state index is 11.8. The minimum Gasteiger partial charge on any atom is -0.370 e. The normalized spacial score (nSPS) is 25.6. The van der Waals surface area contributed by atoms with Crippen molar-refractivity contribution in [2.75, 3.05) is 0 Å².